The first kappa shape index (κ1) is 29.9. The molecule has 1 aromatic rings. The van der Waals surface area contributed by atoms with Crippen LogP contribution in [0.4, 0.5) is 0 Å². The van der Waals surface area contributed by atoms with E-state index in [9.17, 15) is 9.59 Å². The summed E-state index contributed by atoms with van der Waals surface area (Å²) in [4.78, 5) is 28.1. The fraction of sp³-hybridized carbons (Fsp3) is 0.714. The Bertz CT molecular complexity index is 798. The molecule has 2 fully saturated rings. The SMILES string of the molecule is CCCCC1CCCC(N2CCCC2)C1N(CCC)C(=O)Cc1ccc(Cl)c(Cl)c1.COC(C)=O. The maximum atomic E-state index is 13.6. The van der Waals surface area contributed by atoms with Gasteiger partial charge in [0.05, 0.1) is 23.6 Å². The number of rotatable bonds is 9. The third kappa shape index (κ3) is 9.26. The number of unbranched alkanes of at least 4 members (excludes halogenated alkanes) is 1. The number of hydrogen-bond donors (Lipinski definition) is 0. The van der Waals surface area contributed by atoms with Crippen LogP contribution in [0.1, 0.15) is 84.1 Å². The van der Waals surface area contributed by atoms with Gasteiger partial charge in [-0.05, 0) is 75.2 Å². The molecule has 3 atom stereocenters. The first-order valence-electron chi connectivity index (χ1n) is 13.3. The monoisotopic (exact) mass is 526 g/mol. The van der Waals surface area contributed by atoms with E-state index in [4.69, 9.17) is 23.2 Å². The second kappa shape index (κ2) is 15.7. The number of carbonyl (C=O) groups is 2. The summed E-state index contributed by atoms with van der Waals surface area (Å²) < 4.78 is 4.11. The van der Waals surface area contributed by atoms with Crippen molar-refractivity contribution in [3.05, 3.63) is 33.8 Å². The number of ether oxygens (including phenoxy) is 1. The van der Waals surface area contributed by atoms with Crippen LogP contribution < -0.4 is 0 Å². The molecular formula is C28H44Cl2N2O3. The molecule has 1 aliphatic carbocycles. The molecule has 1 aliphatic heterocycles. The van der Waals surface area contributed by atoms with Gasteiger partial charge in [-0.2, -0.15) is 0 Å². The van der Waals surface area contributed by atoms with Gasteiger partial charge >= 0.3 is 5.97 Å². The van der Waals surface area contributed by atoms with Crippen molar-refractivity contribution in [2.24, 2.45) is 5.92 Å². The van der Waals surface area contributed by atoms with E-state index in [0.717, 1.165) is 18.5 Å². The van der Waals surface area contributed by atoms with E-state index in [0.29, 0.717) is 34.5 Å². The third-order valence-electron chi connectivity index (χ3n) is 7.26. The second-order valence-electron chi connectivity index (χ2n) is 9.84. The Morgan fingerprint density at radius 2 is 1.74 bits per heavy atom. The number of methoxy groups -OCH3 is 1. The summed E-state index contributed by atoms with van der Waals surface area (Å²) in [5.41, 5.74) is 0.953. The molecule has 0 radical (unpaired) electrons. The minimum Gasteiger partial charge on any atom is -0.469 e. The van der Waals surface area contributed by atoms with Crippen LogP contribution in [-0.4, -0.2) is 60.5 Å². The molecule has 0 N–H and O–H groups in total. The van der Waals surface area contributed by atoms with E-state index in [-0.39, 0.29) is 11.9 Å². The van der Waals surface area contributed by atoms with Crippen LogP contribution in [0.2, 0.25) is 10.0 Å². The van der Waals surface area contributed by atoms with Crippen molar-refractivity contribution in [1.82, 2.24) is 9.80 Å². The van der Waals surface area contributed by atoms with Gasteiger partial charge < -0.3 is 9.64 Å². The molecule has 35 heavy (non-hydrogen) atoms. The van der Waals surface area contributed by atoms with Gasteiger partial charge in [-0.25, -0.2) is 0 Å². The zero-order chi connectivity index (χ0) is 25.8. The van der Waals surface area contributed by atoms with Crippen LogP contribution in [0.15, 0.2) is 18.2 Å². The lowest BCUT2D eigenvalue weighted by Crippen LogP contribution is -2.58. The van der Waals surface area contributed by atoms with Gasteiger partial charge in [0.2, 0.25) is 5.91 Å². The molecule has 7 heteroatoms. The van der Waals surface area contributed by atoms with Gasteiger partial charge in [0.1, 0.15) is 0 Å². The summed E-state index contributed by atoms with van der Waals surface area (Å²) in [5.74, 6) is 0.617. The first-order chi connectivity index (χ1) is 16.8. The van der Waals surface area contributed by atoms with Crippen LogP contribution >= 0.6 is 23.2 Å². The van der Waals surface area contributed by atoms with Crippen LogP contribution in [0.5, 0.6) is 0 Å². The zero-order valence-electron chi connectivity index (χ0n) is 22.0. The minimum atomic E-state index is -0.245. The van der Waals surface area contributed by atoms with Gasteiger partial charge in [0.15, 0.2) is 0 Å². The quantitative estimate of drug-likeness (QED) is 0.332. The molecule has 3 unspecified atom stereocenters. The highest BCUT2D eigenvalue weighted by atomic mass is 35.5. The summed E-state index contributed by atoms with van der Waals surface area (Å²) >= 11 is 12.3. The highest BCUT2D eigenvalue weighted by molar-refractivity contribution is 6.42. The molecular weight excluding hydrogens is 483 g/mol. The number of amides is 1. The van der Waals surface area contributed by atoms with Crippen LogP contribution in [0, 0.1) is 5.92 Å². The van der Waals surface area contributed by atoms with Crippen LogP contribution in [0.3, 0.4) is 0 Å². The normalized spacial score (nSPS) is 22.3. The maximum absolute atomic E-state index is 13.6. The molecule has 198 valence electrons. The summed E-state index contributed by atoms with van der Waals surface area (Å²) in [6.45, 7) is 9.06. The number of nitrogens with zero attached hydrogens (tertiary/aromatic N) is 2. The van der Waals surface area contributed by atoms with Crippen molar-refractivity contribution in [2.75, 3.05) is 26.7 Å². The van der Waals surface area contributed by atoms with Gasteiger partial charge in [-0.15, -0.1) is 0 Å². The van der Waals surface area contributed by atoms with E-state index in [2.05, 4.69) is 28.4 Å². The Balaban J connectivity index is 0.000000784. The van der Waals surface area contributed by atoms with E-state index in [1.807, 2.05) is 12.1 Å². The highest BCUT2D eigenvalue weighted by Gasteiger charge is 2.41. The summed E-state index contributed by atoms with van der Waals surface area (Å²) in [6, 6.07) is 6.45. The third-order valence-corrected chi connectivity index (χ3v) is 8.00. The lowest BCUT2D eigenvalue weighted by atomic mass is 9.76. The highest BCUT2D eigenvalue weighted by Crippen LogP contribution is 2.37. The Hall–Kier alpha value is -1.30. The lowest BCUT2D eigenvalue weighted by Gasteiger charge is -2.48. The molecule has 5 nitrogen and oxygen atoms in total. The Morgan fingerprint density at radius 1 is 1.06 bits per heavy atom. The molecule has 1 amide bonds. The largest absolute Gasteiger partial charge is 0.469 e. The Labute approximate surface area is 222 Å². The number of carbonyl (C=O) groups excluding carboxylic acids is 2. The summed E-state index contributed by atoms with van der Waals surface area (Å²) in [7, 11) is 1.35. The standard InChI is InChI=1S/C25H38Cl2N2O.C3H6O2/c1-3-5-9-20-10-8-11-23(28-15-6-7-16-28)25(20)29(14-4-2)24(30)18-19-12-13-21(26)22(27)17-19;1-3(4)5-2/h12-13,17,20,23,25H,3-11,14-16,18H2,1-2H3;1-2H3. The fourth-order valence-corrected chi connectivity index (χ4v) is 5.89. The van der Waals surface area contributed by atoms with Crippen molar-refractivity contribution >= 4 is 35.1 Å². The van der Waals surface area contributed by atoms with Gasteiger partial charge in [0.25, 0.3) is 0 Å². The molecule has 0 aromatic heterocycles. The number of hydrogen-bond acceptors (Lipinski definition) is 4. The fourth-order valence-electron chi connectivity index (χ4n) is 5.57. The zero-order valence-corrected chi connectivity index (χ0v) is 23.5. The topological polar surface area (TPSA) is 49.9 Å². The molecule has 1 saturated heterocycles. The molecule has 3 rings (SSSR count). The average molecular weight is 528 g/mol. The van der Waals surface area contributed by atoms with Crippen LogP contribution in [-0.2, 0) is 20.7 Å². The van der Waals surface area contributed by atoms with E-state index < -0.39 is 0 Å². The number of halogens is 2. The lowest BCUT2D eigenvalue weighted by molar-refractivity contribution is -0.138. The van der Waals surface area contributed by atoms with Crippen molar-refractivity contribution in [3.8, 4) is 0 Å². The van der Waals surface area contributed by atoms with Crippen molar-refractivity contribution in [3.63, 3.8) is 0 Å². The predicted molar refractivity (Wildman–Crippen MR) is 145 cm³/mol. The summed E-state index contributed by atoms with van der Waals surface area (Å²) in [5, 5.41) is 1.07. The maximum Gasteiger partial charge on any atom is 0.302 e. The second-order valence-corrected chi connectivity index (χ2v) is 10.7. The van der Waals surface area contributed by atoms with Gasteiger partial charge in [0, 0.05) is 25.6 Å². The molecule has 2 aliphatic rings. The molecule has 1 saturated carbocycles. The van der Waals surface area contributed by atoms with Gasteiger partial charge in [-0.1, -0.05) is 62.4 Å². The van der Waals surface area contributed by atoms with Crippen molar-refractivity contribution in [1.29, 1.82) is 0 Å². The van der Waals surface area contributed by atoms with Crippen molar-refractivity contribution in [2.45, 2.75) is 97.1 Å². The van der Waals surface area contributed by atoms with E-state index >= 15 is 0 Å². The van der Waals surface area contributed by atoms with E-state index in [1.54, 1.807) is 6.07 Å². The first-order valence-corrected chi connectivity index (χ1v) is 14.1. The Kier molecular flexibility index (Phi) is 13.5. The molecule has 1 aromatic carbocycles. The molecule has 0 bridgehead atoms. The smallest absolute Gasteiger partial charge is 0.302 e. The molecule has 0 spiro atoms. The number of benzene rings is 1. The van der Waals surface area contributed by atoms with Crippen molar-refractivity contribution < 1.29 is 14.3 Å². The average Bonchev–Trinajstić information content (AvgIpc) is 3.38. The predicted octanol–water partition coefficient (Wildman–Crippen LogP) is 6.78. The minimum absolute atomic E-state index is 0.243. The van der Waals surface area contributed by atoms with Gasteiger partial charge in [-0.3, -0.25) is 14.5 Å². The van der Waals surface area contributed by atoms with Crippen LogP contribution in [0.25, 0.3) is 0 Å². The number of esters is 1. The summed E-state index contributed by atoms with van der Waals surface area (Å²) in [6.07, 6.45) is 11.5. The molecule has 1 heterocycles. The Morgan fingerprint density at radius 3 is 2.31 bits per heavy atom. The number of likely N-dealkylation sites (tertiary alicyclic amines) is 1. The van der Waals surface area contributed by atoms with E-state index in [1.165, 1.54) is 78.5 Å².